The van der Waals surface area contributed by atoms with Gasteiger partial charge in [0.2, 0.25) is 0 Å². The van der Waals surface area contributed by atoms with Crippen LogP contribution in [0.25, 0.3) is 0 Å². The van der Waals surface area contributed by atoms with Crippen LogP contribution in [0.15, 0.2) is 29.3 Å². The summed E-state index contributed by atoms with van der Waals surface area (Å²) in [5.74, 6) is 0.214. The molecule has 0 aliphatic carbocycles. The largest absolute Gasteiger partial charge is 0.483 e. The molecule has 17 heavy (non-hydrogen) atoms. The second kappa shape index (κ2) is 4.69. The number of para-hydroxylation sites is 2. The summed E-state index contributed by atoms with van der Waals surface area (Å²) in [7, 11) is 0. The quantitative estimate of drug-likeness (QED) is 0.613. The fraction of sp³-hybridized carbons (Fsp3) is 0.300. The predicted octanol–water partition coefficient (Wildman–Crippen LogP) is 0.687. The lowest BCUT2D eigenvalue weighted by molar-refractivity contribution is -0.385. The molecule has 90 valence electrons. The fourth-order valence-electron chi connectivity index (χ4n) is 1.44. The lowest BCUT2D eigenvalue weighted by atomic mass is 10.3. The molecule has 0 radical (unpaired) electrons. The minimum Gasteiger partial charge on any atom is -0.483 e. The number of aliphatic imine (C=N–C) groups is 1. The Bertz CT molecular complexity index is 461. The monoisotopic (exact) mass is 237 g/mol. The van der Waals surface area contributed by atoms with Gasteiger partial charge >= 0.3 is 5.69 Å². The lowest BCUT2D eigenvalue weighted by Crippen LogP contribution is -2.24. The van der Waals surface area contributed by atoms with Gasteiger partial charge in [0.1, 0.15) is 6.61 Å². The predicted molar refractivity (Wildman–Crippen MR) is 60.0 cm³/mol. The number of nitrogens with two attached hydrogens (primary N) is 1. The van der Waals surface area contributed by atoms with Crippen LogP contribution < -0.4 is 10.5 Å². The Morgan fingerprint density at radius 3 is 3.00 bits per heavy atom. The maximum atomic E-state index is 10.7. The normalized spacial score (nSPS) is 18.4. The van der Waals surface area contributed by atoms with Crippen molar-refractivity contribution in [3.8, 4) is 5.75 Å². The SMILES string of the molecule is NC1=NCC(COc2ccccc2[N+](=O)[O-])O1. The van der Waals surface area contributed by atoms with Crippen molar-refractivity contribution in [1.82, 2.24) is 0 Å². The molecule has 0 aromatic heterocycles. The number of hydrogen-bond acceptors (Lipinski definition) is 6. The summed E-state index contributed by atoms with van der Waals surface area (Å²) < 4.78 is 10.5. The van der Waals surface area contributed by atoms with Crippen LogP contribution >= 0.6 is 0 Å². The van der Waals surface area contributed by atoms with Crippen molar-refractivity contribution in [1.29, 1.82) is 0 Å². The second-order valence-corrected chi connectivity index (χ2v) is 3.45. The Balaban J connectivity index is 1.97. The van der Waals surface area contributed by atoms with Crippen LogP contribution in [0.5, 0.6) is 5.75 Å². The zero-order valence-electron chi connectivity index (χ0n) is 8.91. The molecule has 7 heteroatoms. The summed E-state index contributed by atoms with van der Waals surface area (Å²) in [6, 6.07) is 6.30. The molecule has 1 aromatic rings. The molecule has 2 N–H and O–H groups in total. The number of rotatable bonds is 4. The highest BCUT2D eigenvalue weighted by Crippen LogP contribution is 2.26. The van der Waals surface area contributed by atoms with Crippen molar-refractivity contribution in [3.63, 3.8) is 0 Å². The van der Waals surface area contributed by atoms with E-state index in [-0.39, 0.29) is 30.2 Å². The van der Waals surface area contributed by atoms with Crippen LogP contribution in [0.3, 0.4) is 0 Å². The Kier molecular flexibility index (Phi) is 3.08. The van der Waals surface area contributed by atoms with E-state index < -0.39 is 4.92 Å². The van der Waals surface area contributed by atoms with Crippen molar-refractivity contribution in [2.24, 2.45) is 10.7 Å². The van der Waals surface area contributed by atoms with Gasteiger partial charge in [-0.3, -0.25) is 10.1 Å². The minimum absolute atomic E-state index is 0.0700. The molecule has 1 aromatic carbocycles. The van der Waals surface area contributed by atoms with Gasteiger partial charge in [0.15, 0.2) is 11.9 Å². The number of nitrogens with zero attached hydrogens (tertiary/aromatic N) is 2. The molecule has 0 saturated heterocycles. The van der Waals surface area contributed by atoms with Crippen molar-refractivity contribution in [2.75, 3.05) is 13.2 Å². The van der Waals surface area contributed by atoms with Gasteiger partial charge in [0.05, 0.1) is 11.5 Å². The van der Waals surface area contributed by atoms with Crippen LogP contribution in [0.2, 0.25) is 0 Å². The first kappa shape index (κ1) is 11.2. The molecule has 1 aliphatic heterocycles. The molecule has 0 saturated carbocycles. The van der Waals surface area contributed by atoms with Gasteiger partial charge in [-0.15, -0.1) is 0 Å². The molecule has 2 rings (SSSR count). The Labute approximate surface area is 97.0 Å². The van der Waals surface area contributed by atoms with Crippen LogP contribution in [0, 0.1) is 10.1 Å². The van der Waals surface area contributed by atoms with Gasteiger partial charge in [0, 0.05) is 6.07 Å². The first-order valence-electron chi connectivity index (χ1n) is 4.99. The van der Waals surface area contributed by atoms with E-state index in [1.807, 2.05) is 0 Å². The Morgan fingerprint density at radius 1 is 1.59 bits per heavy atom. The highest BCUT2D eigenvalue weighted by atomic mass is 16.6. The molecule has 1 heterocycles. The fourth-order valence-corrected chi connectivity index (χ4v) is 1.44. The van der Waals surface area contributed by atoms with Gasteiger partial charge < -0.3 is 15.2 Å². The number of hydrogen-bond donors (Lipinski definition) is 1. The van der Waals surface area contributed by atoms with E-state index in [1.165, 1.54) is 12.1 Å². The second-order valence-electron chi connectivity index (χ2n) is 3.45. The van der Waals surface area contributed by atoms with Crippen LogP contribution in [0.4, 0.5) is 5.69 Å². The third-order valence-electron chi connectivity index (χ3n) is 2.22. The molecule has 1 aliphatic rings. The first-order valence-corrected chi connectivity index (χ1v) is 4.99. The van der Waals surface area contributed by atoms with E-state index in [1.54, 1.807) is 12.1 Å². The summed E-state index contributed by atoms with van der Waals surface area (Å²) >= 11 is 0. The molecule has 0 spiro atoms. The molecule has 1 atom stereocenters. The third-order valence-corrected chi connectivity index (χ3v) is 2.22. The summed E-state index contributed by atoms with van der Waals surface area (Å²) in [4.78, 5) is 14.1. The molecule has 1 unspecified atom stereocenters. The molecule has 0 bridgehead atoms. The lowest BCUT2D eigenvalue weighted by Gasteiger charge is -2.11. The number of amidine groups is 1. The van der Waals surface area contributed by atoms with Gasteiger partial charge in [-0.2, -0.15) is 0 Å². The molecular weight excluding hydrogens is 226 g/mol. The molecule has 0 fully saturated rings. The number of ether oxygens (including phenoxy) is 2. The van der Waals surface area contributed by atoms with E-state index >= 15 is 0 Å². The van der Waals surface area contributed by atoms with Crippen molar-refractivity contribution >= 4 is 11.7 Å². The Morgan fingerprint density at radius 2 is 2.35 bits per heavy atom. The number of benzene rings is 1. The van der Waals surface area contributed by atoms with E-state index in [0.717, 1.165) is 0 Å². The van der Waals surface area contributed by atoms with E-state index in [0.29, 0.717) is 6.54 Å². The molecular formula is C10H11N3O4. The summed E-state index contributed by atoms with van der Waals surface area (Å²) in [6.45, 7) is 0.585. The summed E-state index contributed by atoms with van der Waals surface area (Å²) in [5, 5.41) is 10.7. The van der Waals surface area contributed by atoms with Crippen LogP contribution in [0.1, 0.15) is 0 Å². The van der Waals surface area contributed by atoms with E-state index in [2.05, 4.69) is 4.99 Å². The van der Waals surface area contributed by atoms with Gasteiger partial charge in [-0.05, 0) is 6.07 Å². The van der Waals surface area contributed by atoms with E-state index in [4.69, 9.17) is 15.2 Å². The molecule has 0 amide bonds. The van der Waals surface area contributed by atoms with Gasteiger partial charge in [-0.1, -0.05) is 12.1 Å². The average molecular weight is 237 g/mol. The van der Waals surface area contributed by atoms with E-state index in [9.17, 15) is 10.1 Å². The van der Waals surface area contributed by atoms with Gasteiger partial charge in [-0.25, -0.2) is 4.99 Å². The molecule has 7 nitrogen and oxygen atoms in total. The van der Waals surface area contributed by atoms with Gasteiger partial charge in [0.25, 0.3) is 6.02 Å². The van der Waals surface area contributed by atoms with Crippen molar-refractivity contribution in [2.45, 2.75) is 6.10 Å². The first-order chi connectivity index (χ1) is 8.16. The maximum Gasteiger partial charge on any atom is 0.310 e. The zero-order valence-corrected chi connectivity index (χ0v) is 8.91. The summed E-state index contributed by atoms with van der Waals surface area (Å²) in [5.41, 5.74) is 5.27. The average Bonchev–Trinajstić information content (AvgIpc) is 2.73. The smallest absolute Gasteiger partial charge is 0.310 e. The highest BCUT2D eigenvalue weighted by Gasteiger charge is 2.20. The third kappa shape index (κ3) is 2.63. The minimum atomic E-state index is -0.490. The Hall–Kier alpha value is -2.31. The van der Waals surface area contributed by atoms with Crippen molar-refractivity contribution in [3.05, 3.63) is 34.4 Å². The highest BCUT2D eigenvalue weighted by molar-refractivity contribution is 5.73. The van der Waals surface area contributed by atoms with Crippen LogP contribution in [-0.4, -0.2) is 30.2 Å². The maximum absolute atomic E-state index is 10.7. The standard InChI is InChI=1S/C10H11N3O4/c11-10-12-5-7(17-10)6-16-9-4-2-1-3-8(9)13(14)15/h1-4,7H,5-6H2,(H2,11,12). The van der Waals surface area contributed by atoms with Crippen LogP contribution in [-0.2, 0) is 4.74 Å². The topological polar surface area (TPSA) is 100.0 Å². The number of nitro benzene ring substituents is 1. The number of nitro groups is 1. The summed E-state index contributed by atoms with van der Waals surface area (Å²) in [6.07, 6.45) is -0.283. The zero-order chi connectivity index (χ0) is 12.3. The van der Waals surface area contributed by atoms with Crippen molar-refractivity contribution < 1.29 is 14.4 Å².